The number of carbonyl (C=O) groups excluding carboxylic acids is 1. The van der Waals surface area contributed by atoms with Gasteiger partial charge in [-0.3, -0.25) is 4.79 Å². The van der Waals surface area contributed by atoms with E-state index in [-0.39, 0.29) is 11.3 Å². The average molecular weight is 335 g/mol. The Labute approximate surface area is 147 Å². The third-order valence-electron chi connectivity index (χ3n) is 3.93. The number of amides is 1. The molecule has 0 bridgehead atoms. The molecule has 0 spiro atoms. The molecule has 3 rings (SSSR count). The average Bonchev–Trinajstić information content (AvgIpc) is 3.01. The summed E-state index contributed by atoms with van der Waals surface area (Å²) in [6.45, 7) is 8.21. The van der Waals surface area contributed by atoms with Crippen molar-refractivity contribution < 1.29 is 9.32 Å². The number of hydrogen-bond acceptors (Lipinski definition) is 4. The van der Waals surface area contributed by atoms with Crippen LogP contribution in [0.5, 0.6) is 0 Å². The van der Waals surface area contributed by atoms with Gasteiger partial charge in [0.1, 0.15) is 0 Å². The van der Waals surface area contributed by atoms with Gasteiger partial charge < -0.3 is 9.84 Å². The molecular weight excluding hydrogens is 314 g/mol. The predicted molar refractivity (Wildman–Crippen MR) is 97.6 cm³/mol. The van der Waals surface area contributed by atoms with Crippen molar-refractivity contribution >= 4 is 11.6 Å². The van der Waals surface area contributed by atoms with E-state index in [1.165, 1.54) is 5.56 Å². The van der Waals surface area contributed by atoms with Crippen molar-refractivity contribution in [3.63, 3.8) is 0 Å². The molecule has 1 heterocycles. The minimum atomic E-state index is -0.137. The van der Waals surface area contributed by atoms with Crippen LogP contribution in [-0.2, 0) is 5.41 Å². The largest absolute Gasteiger partial charge is 0.334 e. The fourth-order valence-corrected chi connectivity index (χ4v) is 2.44. The highest BCUT2D eigenvalue weighted by atomic mass is 16.5. The van der Waals surface area contributed by atoms with Gasteiger partial charge in [0.05, 0.1) is 0 Å². The van der Waals surface area contributed by atoms with E-state index in [0.717, 1.165) is 5.56 Å². The van der Waals surface area contributed by atoms with Gasteiger partial charge in [-0.25, -0.2) is 0 Å². The van der Waals surface area contributed by atoms with Crippen molar-refractivity contribution in [3.8, 4) is 11.5 Å². The molecule has 0 unspecified atom stereocenters. The maximum absolute atomic E-state index is 12.4. The van der Waals surface area contributed by atoms with Crippen LogP contribution in [0.4, 0.5) is 5.69 Å². The Morgan fingerprint density at radius 2 is 1.64 bits per heavy atom. The number of hydrogen-bond donors (Lipinski definition) is 1. The van der Waals surface area contributed by atoms with Gasteiger partial charge in [0.2, 0.25) is 0 Å². The van der Waals surface area contributed by atoms with Crippen LogP contribution in [0.2, 0.25) is 0 Å². The summed E-state index contributed by atoms with van der Waals surface area (Å²) >= 11 is 0. The molecule has 0 radical (unpaired) electrons. The van der Waals surface area contributed by atoms with E-state index in [1.807, 2.05) is 48.5 Å². The smallest absolute Gasteiger partial charge is 0.257 e. The molecule has 25 heavy (non-hydrogen) atoms. The van der Waals surface area contributed by atoms with Gasteiger partial charge in [-0.05, 0) is 54.3 Å². The molecule has 0 saturated carbocycles. The molecule has 0 aliphatic rings. The Bertz CT molecular complexity index is 873. The summed E-state index contributed by atoms with van der Waals surface area (Å²) in [5.41, 5.74) is 3.42. The first-order valence-electron chi connectivity index (χ1n) is 8.15. The minimum absolute atomic E-state index is 0.0674. The molecule has 1 aromatic heterocycles. The van der Waals surface area contributed by atoms with E-state index in [9.17, 15) is 4.79 Å². The Hall–Kier alpha value is -2.95. The van der Waals surface area contributed by atoms with Crippen LogP contribution in [0.15, 0.2) is 53.1 Å². The molecule has 5 nitrogen and oxygen atoms in total. The van der Waals surface area contributed by atoms with E-state index >= 15 is 0 Å². The topological polar surface area (TPSA) is 68.0 Å². The van der Waals surface area contributed by atoms with Crippen LogP contribution >= 0.6 is 0 Å². The number of nitrogens with zero attached hydrogens (tertiary/aromatic N) is 2. The number of rotatable bonds is 3. The third kappa shape index (κ3) is 3.94. The van der Waals surface area contributed by atoms with Crippen molar-refractivity contribution in [1.29, 1.82) is 0 Å². The zero-order valence-electron chi connectivity index (χ0n) is 14.8. The molecule has 0 aliphatic heterocycles. The number of aromatic nitrogens is 2. The second-order valence-corrected chi connectivity index (χ2v) is 7.01. The summed E-state index contributed by atoms with van der Waals surface area (Å²) in [6, 6.07) is 15.0. The molecule has 128 valence electrons. The number of carbonyl (C=O) groups is 1. The maximum atomic E-state index is 12.4. The summed E-state index contributed by atoms with van der Waals surface area (Å²) in [5.74, 6) is 0.918. The van der Waals surface area contributed by atoms with E-state index in [2.05, 4.69) is 36.2 Å². The third-order valence-corrected chi connectivity index (χ3v) is 3.93. The van der Waals surface area contributed by atoms with E-state index < -0.39 is 0 Å². The summed E-state index contributed by atoms with van der Waals surface area (Å²) in [7, 11) is 0. The van der Waals surface area contributed by atoms with Crippen LogP contribution in [0.3, 0.4) is 0 Å². The van der Waals surface area contributed by atoms with Crippen molar-refractivity contribution in [2.75, 3.05) is 5.32 Å². The summed E-state index contributed by atoms with van der Waals surface area (Å²) in [5, 5.41) is 6.67. The van der Waals surface area contributed by atoms with Crippen molar-refractivity contribution in [3.05, 3.63) is 65.5 Å². The molecule has 0 atom stereocenters. The zero-order chi connectivity index (χ0) is 18.0. The van der Waals surface area contributed by atoms with E-state index in [1.54, 1.807) is 6.92 Å². The van der Waals surface area contributed by atoms with Gasteiger partial charge in [0.15, 0.2) is 5.82 Å². The minimum Gasteiger partial charge on any atom is -0.334 e. The van der Waals surface area contributed by atoms with Crippen LogP contribution < -0.4 is 5.32 Å². The first-order chi connectivity index (χ1) is 11.8. The lowest BCUT2D eigenvalue weighted by Crippen LogP contribution is -2.14. The molecule has 3 aromatic rings. The molecule has 2 aromatic carbocycles. The number of benzene rings is 2. The van der Waals surface area contributed by atoms with Crippen LogP contribution in [-0.4, -0.2) is 16.0 Å². The Morgan fingerprint density at radius 1 is 1.00 bits per heavy atom. The summed E-state index contributed by atoms with van der Waals surface area (Å²) in [6.07, 6.45) is 0. The van der Waals surface area contributed by atoms with Crippen molar-refractivity contribution in [2.24, 2.45) is 0 Å². The predicted octanol–water partition coefficient (Wildman–Crippen LogP) is 4.59. The molecule has 0 aliphatic carbocycles. The molecule has 0 saturated heterocycles. The number of anilines is 1. The second kappa shape index (κ2) is 6.51. The lowest BCUT2D eigenvalue weighted by atomic mass is 9.87. The van der Waals surface area contributed by atoms with Gasteiger partial charge in [-0.15, -0.1) is 0 Å². The Balaban J connectivity index is 1.70. The fraction of sp³-hybridized carbons (Fsp3) is 0.250. The van der Waals surface area contributed by atoms with Crippen LogP contribution in [0.1, 0.15) is 42.5 Å². The van der Waals surface area contributed by atoms with Crippen molar-refractivity contribution in [2.45, 2.75) is 33.1 Å². The summed E-state index contributed by atoms with van der Waals surface area (Å²) in [4.78, 5) is 16.6. The highest BCUT2D eigenvalue weighted by Gasteiger charge is 2.14. The Morgan fingerprint density at radius 3 is 2.16 bits per heavy atom. The standard InChI is InChI=1S/C20H21N3O2/c1-13-21-19(25-23-13)15-7-11-17(12-8-15)22-18(24)14-5-9-16(10-6-14)20(2,3)4/h5-12H,1-4H3,(H,22,24). The fourth-order valence-electron chi connectivity index (χ4n) is 2.44. The van der Waals surface area contributed by atoms with Gasteiger partial charge in [-0.1, -0.05) is 38.1 Å². The molecule has 1 amide bonds. The van der Waals surface area contributed by atoms with Gasteiger partial charge in [-0.2, -0.15) is 4.98 Å². The normalized spacial score (nSPS) is 11.4. The van der Waals surface area contributed by atoms with E-state index in [0.29, 0.717) is 23.0 Å². The molecule has 1 N–H and O–H groups in total. The SMILES string of the molecule is Cc1noc(-c2ccc(NC(=O)c3ccc(C(C)(C)C)cc3)cc2)n1. The van der Waals surface area contributed by atoms with Gasteiger partial charge in [0.25, 0.3) is 11.8 Å². The first kappa shape index (κ1) is 16.9. The highest BCUT2D eigenvalue weighted by Crippen LogP contribution is 2.23. The van der Waals surface area contributed by atoms with E-state index in [4.69, 9.17) is 4.52 Å². The van der Waals surface area contributed by atoms with Gasteiger partial charge >= 0.3 is 0 Å². The molecule has 5 heteroatoms. The van der Waals surface area contributed by atoms with Crippen LogP contribution in [0.25, 0.3) is 11.5 Å². The number of nitrogens with one attached hydrogen (secondary N) is 1. The number of aryl methyl sites for hydroxylation is 1. The first-order valence-corrected chi connectivity index (χ1v) is 8.15. The summed E-state index contributed by atoms with van der Waals surface area (Å²) < 4.78 is 5.13. The maximum Gasteiger partial charge on any atom is 0.257 e. The Kier molecular flexibility index (Phi) is 4.40. The van der Waals surface area contributed by atoms with Gasteiger partial charge in [0, 0.05) is 16.8 Å². The monoisotopic (exact) mass is 335 g/mol. The zero-order valence-corrected chi connectivity index (χ0v) is 14.8. The lowest BCUT2D eigenvalue weighted by molar-refractivity contribution is 0.102. The molecule has 0 fully saturated rings. The second-order valence-electron chi connectivity index (χ2n) is 7.01. The molecular formula is C20H21N3O2. The van der Waals surface area contributed by atoms with Crippen molar-refractivity contribution in [1.82, 2.24) is 10.1 Å². The highest BCUT2D eigenvalue weighted by molar-refractivity contribution is 6.04. The van der Waals surface area contributed by atoms with Crippen LogP contribution in [0, 0.1) is 6.92 Å². The lowest BCUT2D eigenvalue weighted by Gasteiger charge is -2.19. The quantitative estimate of drug-likeness (QED) is 0.760.